The average molecular weight is 258 g/mol. The highest BCUT2D eigenvalue weighted by molar-refractivity contribution is 5.76. The van der Waals surface area contributed by atoms with Gasteiger partial charge in [0.25, 0.3) is 6.43 Å². The van der Waals surface area contributed by atoms with Crippen LogP contribution in [0.1, 0.15) is 43.5 Å². The normalized spacial score (nSPS) is 15.9. The summed E-state index contributed by atoms with van der Waals surface area (Å²) >= 11 is 0. The number of carbonyl (C=O) groups excluding carboxylic acids is 1. The van der Waals surface area contributed by atoms with Gasteiger partial charge in [0.1, 0.15) is 11.4 Å². The van der Waals surface area contributed by atoms with E-state index in [-0.39, 0.29) is 17.8 Å². The van der Waals surface area contributed by atoms with Crippen LogP contribution in [-0.4, -0.2) is 20.9 Å². The summed E-state index contributed by atoms with van der Waals surface area (Å²) in [6.07, 6.45) is 1.40. The quantitative estimate of drug-likeness (QED) is 0.838. The highest BCUT2D eigenvalue weighted by Gasteiger charge is 2.24. The Hall–Kier alpha value is -1.53. The lowest BCUT2D eigenvalue weighted by Gasteiger charge is -2.25. The van der Waals surface area contributed by atoms with Crippen molar-refractivity contribution in [1.29, 1.82) is 0 Å². The van der Waals surface area contributed by atoms with Gasteiger partial charge in [-0.15, -0.1) is 5.10 Å². The maximum atomic E-state index is 12.9. The molecule has 0 atom stereocenters. The minimum absolute atomic E-state index is 0.00823. The van der Waals surface area contributed by atoms with Crippen LogP contribution >= 0.6 is 0 Å². The summed E-state index contributed by atoms with van der Waals surface area (Å²) in [6, 6.07) is 0. The van der Waals surface area contributed by atoms with Crippen LogP contribution in [0.2, 0.25) is 0 Å². The zero-order valence-corrected chi connectivity index (χ0v) is 9.98. The Labute approximate surface area is 103 Å². The van der Waals surface area contributed by atoms with E-state index in [4.69, 9.17) is 5.73 Å². The van der Waals surface area contributed by atoms with Crippen LogP contribution in [0.4, 0.5) is 8.78 Å². The molecule has 100 valence electrons. The predicted molar refractivity (Wildman–Crippen MR) is 59.8 cm³/mol. The predicted octanol–water partition coefficient (Wildman–Crippen LogP) is 1.43. The van der Waals surface area contributed by atoms with Crippen LogP contribution in [0.15, 0.2) is 0 Å². The number of aromatic nitrogens is 3. The third-order valence-electron chi connectivity index (χ3n) is 3.37. The molecular formula is C11H16F2N4O. The minimum atomic E-state index is -2.68. The van der Waals surface area contributed by atoms with Crippen LogP contribution in [0, 0.1) is 5.92 Å². The monoisotopic (exact) mass is 258 g/mol. The molecule has 2 N–H and O–H groups in total. The van der Waals surface area contributed by atoms with Gasteiger partial charge in [-0.25, -0.2) is 13.5 Å². The molecule has 0 saturated heterocycles. The van der Waals surface area contributed by atoms with Gasteiger partial charge in [-0.2, -0.15) is 0 Å². The number of amides is 1. The number of alkyl halides is 2. The van der Waals surface area contributed by atoms with Gasteiger partial charge in [0.05, 0.1) is 6.42 Å². The second-order valence-electron chi connectivity index (χ2n) is 4.67. The highest BCUT2D eigenvalue weighted by Crippen LogP contribution is 2.30. The van der Waals surface area contributed by atoms with Crippen LogP contribution < -0.4 is 5.73 Å². The molecule has 0 bridgehead atoms. The van der Waals surface area contributed by atoms with Gasteiger partial charge < -0.3 is 5.73 Å². The fraction of sp³-hybridized carbons (Fsp3) is 0.727. The zero-order chi connectivity index (χ0) is 13.1. The lowest BCUT2D eigenvalue weighted by molar-refractivity contribution is -0.117. The Balaban J connectivity index is 2.07. The molecule has 18 heavy (non-hydrogen) atoms. The van der Waals surface area contributed by atoms with E-state index in [1.807, 2.05) is 0 Å². The van der Waals surface area contributed by atoms with Crippen molar-refractivity contribution < 1.29 is 13.6 Å². The second-order valence-corrected chi connectivity index (χ2v) is 4.67. The number of carbonyl (C=O) groups is 1. The smallest absolute Gasteiger partial charge is 0.281 e. The molecule has 1 saturated carbocycles. The van der Waals surface area contributed by atoms with Crippen molar-refractivity contribution in [3.05, 3.63) is 11.4 Å². The van der Waals surface area contributed by atoms with Crippen molar-refractivity contribution in [2.24, 2.45) is 11.7 Å². The molecule has 1 aliphatic carbocycles. The van der Waals surface area contributed by atoms with Crippen LogP contribution in [0.5, 0.6) is 0 Å². The van der Waals surface area contributed by atoms with Crippen LogP contribution in [0.25, 0.3) is 0 Å². The fourth-order valence-electron chi connectivity index (χ4n) is 2.14. The van der Waals surface area contributed by atoms with Crippen molar-refractivity contribution in [3.8, 4) is 0 Å². The van der Waals surface area contributed by atoms with E-state index in [1.165, 1.54) is 11.1 Å². The zero-order valence-electron chi connectivity index (χ0n) is 9.98. The first-order chi connectivity index (χ1) is 8.58. The maximum Gasteiger partial charge on any atom is 0.281 e. The molecule has 7 heteroatoms. The van der Waals surface area contributed by atoms with E-state index < -0.39 is 12.3 Å². The van der Waals surface area contributed by atoms with Gasteiger partial charge in [-0.05, 0) is 12.3 Å². The topological polar surface area (TPSA) is 73.8 Å². The summed E-state index contributed by atoms with van der Waals surface area (Å²) in [5.74, 6) is -0.0674. The standard InChI is InChI=1S/C11H16F2N4O/c12-11(13)10-8(6-9(14)18)15-16-17(10)5-4-7-2-1-3-7/h7,11H,1-6H2,(H2,14,18). The van der Waals surface area contributed by atoms with Gasteiger partial charge in [0.2, 0.25) is 5.91 Å². The van der Waals surface area contributed by atoms with Crippen molar-refractivity contribution in [2.75, 3.05) is 0 Å². The second kappa shape index (κ2) is 5.41. The van der Waals surface area contributed by atoms with Gasteiger partial charge in [-0.1, -0.05) is 24.5 Å². The van der Waals surface area contributed by atoms with E-state index >= 15 is 0 Å². The molecule has 0 aliphatic heterocycles. The number of aryl methyl sites for hydroxylation is 1. The van der Waals surface area contributed by atoms with Crippen LogP contribution in [-0.2, 0) is 17.8 Å². The third kappa shape index (κ3) is 2.83. The average Bonchev–Trinajstić information content (AvgIpc) is 2.57. The lowest BCUT2D eigenvalue weighted by atomic mass is 9.83. The lowest BCUT2D eigenvalue weighted by Crippen LogP contribution is -2.17. The molecule has 1 amide bonds. The Bertz CT molecular complexity index is 429. The molecule has 1 fully saturated rings. The number of primary amides is 1. The summed E-state index contributed by atoms with van der Waals surface area (Å²) in [7, 11) is 0. The molecule has 2 rings (SSSR count). The fourth-order valence-corrected chi connectivity index (χ4v) is 2.14. The van der Waals surface area contributed by atoms with Crippen molar-refractivity contribution in [1.82, 2.24) is 15.0 Å². The third-order valence-corrected chi connectivity index (χ3v) is 3.37. The summed E-state index contributed by atoms with van der Waals surface area (Å²) in [4.78, 5) is 10.8. The Kier molecular flexibility index (Phi) is 3.88. The Morgan fingerprint density at radius 1 is 1.50 bits per heavy atom. The van der Waals surface area contributed by atoms with Crippen molar-refractivity contribution in [3.63, 3.8) is 0 Å². The molecule has 1 heterocycles. The Morgan fingerprint density at radius 2 is 2.22 bits per heavy atom. The number of hydrogen-bond donors (Lipinski definition) is 1. The van der Waals surface area contributed by atoms with Gasteiger partial charge in [0, 0.05) is 6.54 Å². The molecule has 0 radical (unpaired) electrons. The van der Waals surface area contributed by atoms with E-state index in [2.05, 4.69) is 10.3 Å². The maximum absolute atomic E-state index is 12.9. The van der Waals surface area contributed by atoms with E-state index in [9.17, 15) is 13.6 Å². The van der Waals surface area contributed by atoms with Gasteiger partial charge in [-0.3, -0.25) is 4.79 Å². The number of hydrogen-bond acceptors (Lipinski definition) is 3. The van der Waals surface area contributed by atoms with Gasteiger partial charge >= 0.3 is 0 Å². The number of nitrogens with two attached hydrogens (primary N) is 1. The van der Waals surface area contributed by atoms with Crippen molar-refractivity contribution in [2.45, 2.75) is 45.1 Å². The van der Waals surface area contributed by atoms with E-state index in [0.29, 0.717) is 12.5 Å². The molecule has 1 aliphatic rings. The van der Waals surface area contributed by atoms with Crippen LogP contribution in [0.3, 0.4) is 0 Å². The largest absolute Gasteiger partial charge is 0.369 e. The minimum Gasteiger partial charge on any atom is -0.369 e. The number of halogens is 2. The van der Waals surface area contributed by atoms with Crippen molar-refractivity contribution >= 4 is 5.91 Å². The molecule has 0 aromatic carbocycles. The summed E-state index contributed by atoms with van der Waals surface area (Å²) in [5.41, 5.74) is 4.72. The molecular weight excluding hydrogens is 242 g/mol. The first-order valence-electron chi connectivity index (χ1n) is 6.06. The SMILES string of the molecule is NC(=O)Cc1nnn(CCC2CCC2)c1C(F)F. The number of nitrogens with zero attached hydrogens (tertiary/aromatic N) is 3. The first-order valence-corrected chi connectivity index (χ1v) is 6.06. The van der Waals surface area contributed by atoms with E-state index in [0.717, 1.165) is 19.3 Å². The van der Waals surface area contributed by atoms with Gasteiger partial charge in [0.15, 0.2) is 0 Å². The number of rotatable bonds is 6. The molecule has 0 unspecified atom stereocenters. The molecule has 0 spiro atoms. The summed E-state index contributed by atoms with van der Waals surface area (Å²) < 4.78 is 27.1. The summed E-state index contributed by atoms with van der Waals surface area (Å²) in [5, 5.41) is 7.33. The van der Waals surface area contributed by atoms with E-state index in [1.54, 1.807) is 0 Å². The molecule has 1 aromatic heterocycles. The Morgan fingerprint density at radius 3 is 2.72 bits per heavy atom. The molecule has 5 nitrogen and oxygen atoms in total. The summed E-state index contributed by atoms with van der Waals surface area (Å²) in [6.45, 7) is 0.427. The molecule has 1 aromatic rings. The highest BCUT2D eigenvalue weighted by atomic mass is 19.3. The first kappa shape index (κ1) is 12.9.